The van der Waals surface area contributed by atoms with E-state index in [1.54, 1.807) is 19.2 Å². The van der Waals surface area contributed by atoms with Crippen LogP contribution < -0.4 is 10.5 Å². The summed E-state index contributed by atoms with van der Waals surface area (Å²) in [6.45, 7) is 3.85. The maximum atomic E-state index is 12.2. The predicted molar refractivity (Wildman–Crippen MR) is 119 cm³/mol. The number of rotatable bonds is 10. The molecule has 3 rings (SSSR count). The van der Waals surface area contributed by atoms with Gasteiger partial charge in [0.1, 0.15) is 11.5 Å². The monoisotopic (exact) mass is 440 g/mol. The molecule has 0 fully saturated rings. The minimum atomic E-state index is -1.01. The molecule has 2 aromatic rings. The zero-order chi connectivity index (χ0) is 23.1. The van der Waals surface area contributed by atoms with Crippen LogP contribution in [0, 0.1) is 0 Å². The molecule has 1 aliphatic carbocycles. The smallest absolute Gasteiger partial charge is 0.437 e. The van der Waals surface area contributed by atoms with E-state index in [2.05, 4.69) is 11.2 Å². The highest BCUT2D eigenvalue weighted by molar-refractivity contribution is 5.72. The first-order valence-electron chi connectivity index (χ1n) is 10.5. The highest BCUT2D eigenvalue weighted by Gasteiger charge is 2.13. The molecule has 8 nitrogen and oxygen atoms in total. The molecule has 170 valence electrons. The van der Waals surface area contributed by atoms with Crippen molar-refractivity contribution < 1.29 is 23.8 Å². The summed E-state index contributed by atoms with van der Waals surface area (Å²) in [5.41, 5.74) is 3.18. The van der Waals surface area contributed by atoms with Crippen molar-refractivity contribution in [2.24, 2.45) is 0 Å². The standard InChI is InChI=1S/C24H28N2O6/c1-16-7-8-19(11-14-21(16)30-3)15-26-24(29)32-22(25-26)6-4-5-18-9-12-20(13-10-18)31-17(2)23(27)28/h7,9-14,17H,4-6,8,15H2,1-3H3,(H,27,28). The summed E-state index contributed by atoms with van der Waals surface area (Å²) in [5.74, 6) is 0.270. The largest absolute Gasteiger partial charge is 0.497 e. The highest BCUT2D eigenvalue weighted by Crippen LogP contribution is 2.19. The Morgan fingerprint density at radius 3 is 2.69 bits per heavy atom. The summed E-state index contributed by atoms with van der Waals surface area (Å²) in [6.07, 6.45) is 7.82. The first-order valence-corrected chi connectivity index (χ1v) is 10.5. The number of aliphatic carboxylic acids is 1. The van der Waals surface area contributed by atoms with E-state index in [4.69, 9.17) is 19.0 Å². The van der Waals surface area contributed by atoms with Crippen molar-refractivity contribution in [3.05, 3.63) is 81.4 Å². The van der Waals surface area contributed by atoms with Crippen molar-refractivity contribution in [3.63, 3.8) is 0 Å². The van der Waals surface area contributed by atoms with E-state index in [0.29, 0.717) is 24.6 Å². The summed E-state index contributed by atoms with van der Waals surface area (Å²) in [6, 6.07) is 7.30. The molecule has 8 heteroatoms. The number of aryl methyl sites for hydroxylation is 2. The Labute approximate surface area is 186 Å². The molecule has 1 aromatic heterocycles. The van der Waals surface area contributed by atoms with Crippen molar-refractivity contribution in [1.29, 1.82) is 0 Å². The number of ether oxygens (including phenoxy) is 2. The zero-order valence-electron chi connectivity index (χ0n) is 18.5. The number of carboxylic acids is 1. The normalized spacial score (nSPS) is 14.7. The fourth-order valence-electron chi connectivity index (χ4n) is 3.30. The number of benzene rings is 1. The van der Waals surface area contributed by atoms with Gasteiger partial charge in [0.25, 0.3) is 0 Å². The van der Waals surface area contributed by atoms with Gasteiger partial charge in [0.2, 0.25) is 5.89 Å². The van der Waals surface area contributed by atoms with Crippen molar-refractivity contribution in [2.45, 2.75) is 52.2 Å². The molecule has 0 saturated heterocycles. The van der Waals surface area contributed by atoms with Gasteiger partial charge >= 0.3 is 11.7 Å². The second-order valence-electron chi connectivity index (χ2n) is 7.67. The fraction of sp³-hybridized carbons (Fsp3) is 0.375. The second-order valence-corrected chi connectivity index (χ2v) is 7.67. The van der Waals surface area contributed by atoms with Crippen LogP contribution in [0.4, 0.5) is 0 Å². The van der Waals surface area contributed by atoms with Crippen LogP contribution in [0.3, 0.4) is 0 Å². The van der Waals surface area contributed by atoms with Crippen molar-refractivity contribution >= 4 is 5.97 Å². The van der Waals surface area contributed by atoms with Crippen molar-refractivity contribution in [1.82, 2.24) is 9.78 Å². The maximum Gasteiger partial charge on any atom is 0.437 e. The lowest BCUT2D eigenvalue weighted by molar-refractivity contribution is -0.144. The maximum absolute atomic E-state index is 12.2. The molecule has 0 amide bonds. The molecule has 0 radical (unpaired) electrons. The van der Waals surface area contributed by atoms with Gasteiger partial charge in [0.05, 0.1) is 13.7 Å². The van der Waals surface area contributed by atoms with Gasteiger partial charge in [0.15, 0.2) is 6.10 Å². The number of hydrogen-bond donors (Lipinski definition) is 1. The highest BCUT2D eigenvalue weighted by atomic mass is 16.5. The summed E-state index contributed by atoms with van der Waals surface area (Å²) < 4.78 is 17.3. The molecule has 0 saturated carbocycles. The van der Waals surface area contributed by atoms with Crippen LogP contribution in [0.5, 0.6) is 5.75 Å². The summed E-state index contributed by atoms with van der Waals surface area (Å²) >= 11 is 0. The fourth-order valence-corrected chi connectivity index (χ4v) is 3.30. The summed E-state index contributed by atoms with van der Waals surface area (Å²) in [4.78, 5) is 23.0. The van der Waals surface area contributed by atoms with Gasteiger partial charge in [-0.2, -0.15) is 4.68 Å². The van der Waals surface area contributed by atoms with E-state index < -0.39 is 17.8 Å². The third-order valence-corrected chi connectivity index (χ3v) is 5.19. The second kappa shape index (κ2) is 10.7. The first-order chi connectivity index (χ1) is 15.4. The third kappa shape index (κ3) is 6.23. The van der Waals surface area contributed by atoms with E-state index in [1.165, 1.54) is 11.6 Å². The Kier molecular flexibility index (Phi) is 7.70. The molecular formula is C24H28N2O6. The van der Waals surface area contributed by atoms with Crippen LogP contribution in [0.25, 0.3) is 0 Å². The van der Waals surface area contributed by atoms with Crippen LogP contribution >= 0.6 is 0 Å². The predicted octanol–water partition coefficient (Wildman–Crippen LogP) is 3.67. The van der Waals surface area contributed by atoms with Crippen LogP contribution in [0.15, 0.2) is 68.6 Å². The summed E-state index contributed by atoms with van der Waals surface area (Å²) in [7, 11) is 1.64. The Morgan fingerprint density at radius 2 is 2.00 bits per heavy atom. The Bertz CT molecular complexity index is 1090. The van der Waals surface area contributed by atoms with Gasteiger partial charge in [-0.1, -0.05) is 24.3 Å². The van der Waals surface area contributed by atoms with E-state index in [0.717, 1.165) is 41.7 Å². The number of hydrogen-bond acceptors (Lipinski definition) is 6. The van der Waals surface area contributed by atoms with Gasteiger partial charge in [-0.05, 0) is 68.0 Å². The lowest BCUT2D eigenvalue weighted by atomic mass is 10.1. The number of carbonyl (C=O) groups is 1. The van der Waals surface area contributed by atoms with Crippen LogP contribution in [0.1, 0.15) is 38.1 Å². The number of aromatic nitrogens is 2. The molecule has 1 aliphatic rings. The van der Waals surface area contributed by atoms with Crippen molar-refractivity contribution in [3.8, 4) is 5.75 Å². The number of carboxylic acid groups (broad SMARTS) is 1. The average Bonchev–Trinajstić information content (AvgIpc) is 3.01. The summed E-state index contributed by atoms with van der Waals surface area (Å²) in [5, 5.41) is 13.2. The Morgan fingerprint density at radius 1 is 1.25 bits per heavy atom. The molecule has 1 atom stereocenters. The van der Waals surface area contributed by atoms with Crippen LogP contribution in [-0.2, 0) is 28.9 Å². The van der Waals surface area contributed by atoms with Crippen LogP contribution in [0.2, 0.25) is 0 Å². The molecule has 0 spiro atoms. The lowest BCUT2D eigenvalue weighted by Gasteiger charge is -2.10. The van der Waals surface area contributed by atoms with E-state index >= 15 is 0 Å². The van der Waals surface area contributed by atoms with Gasteiger partial charge < -0.3 is 19.0 Å². The molecule has 1 N–H and O–H groups in total. The molecule has 0 bridgehead atoms. The molecule has 32 heavy (non-hydrogen) atoms. The zero-order valence-corrected chi connectivity index (χ0v) is 18.5. The van der Waals surface area contributed by atoms with Gasteiger partial charge in [-0.15, -0.1) is 5.10 Å². The molecular weight excluding hydrogens is 412 g/mol. The lowest BCUT2D eigenvalue weighted by Crippen LogP contribution is -2.22. The van der Waals surface area contributed by atoms with E-state index in [9.17, 15) is 9.59 Å². The Hall–Kier alpha value is -3.55. The number of allylic oxidation sites excluding steroid dienone is 5. The van der Waals surface area contributed by atoms with Gasteiger partial charge in [-0.3, -0.25) is 0 Å². The number of methoxy groups -OCH3 is 1. The molecule has 0 aliphatic heterocycles. The van der Waals surface area contributed by atoms with Gasteiger partial charge in [0, 0.05) is 6.42 Å². The van der Waals surface area contributed by atoms with Crippen molar-refractivity contribution in [2.75, 3.05) is 7.11 Å². The van der Waals surface area contributed by atoms with Crippen LogP contribution in [-0.4, -0.2) is 34.1 Å². The molecule has 1 aromatic carbocycles. The average molecular weight is 440 g/mol. The SMILES string of the molecule is COC1=CC=C(Cn2nc(CCCc3ccc(OC(C)C(=O)O)cc3)oc2=O)CC=C1C. The van der Waals surface area contributed by atoms with Gasteiger partial charge in [-0.25, -0.2) is 9.59 Å². The molecule has 1 unspecified atom stereocenters. The quantitative estimate of drug-likeness (QED) is 0.601. The van der Waals surface area contributed by atoms with E-state index in [1.807, 2.05) is 31.2 Å². The first kappa shape index (κ1) is 23.1. The minimum absolute atomic E-state index is 0.371. The molecule has 1 heterocycles. The minimum Gasteiger partial charge on any atom is -0.497 e. The third-order valence-electron chi connectivity index (χ3n) is 5.19. The number of nitrogens with zero attached hydrogens (tertiary/aromatic N) is 2. The Balaban J connectivity index is 1.53. The topological polar surface area (TPSA) is 104 Å². The van der Waals surface area contributed by atoms with E-state index in [-0.39, 0.29) is 0 Å².